The Hall–Kier alpha value is -1.06. The number of rotatable bonds is 8. The van der Waals surface area contributed by atoms with E-state index in [4.69, 9.17) is 9.47 Å². The normalized spacial score (nSPS) is 13.3. The van der Waals surface area contributed by atoms with Gasteiger partial charge in [0.25, 0.3) is 0 Å². The van der Waals surface area contributed by atoms with Crippen molar-refractivity contribution < 1.29 is 14.6 Å². The van der Waals surface area contributed by atoms with E-state index >= 15 is 0 Å². The van der Waals surface area contributed by atoms with E-state index in [1.54, 1.807) is 7.11 Å². The molecule has 0 heterocycles. The second kappa shape index (κ2) is 7.39. The number of hydrogen-bond donors (Lipinski definition) is 1. The highest BCUT2D eigenvalue weighted by Gasteiger charge is 2.18. The fourth-order valence-corrected chi connectivity index (χ4v) is 1.59. The second-order valence-corrected chi connectivity index (χ2v) is 5.11. The second-order valence-electron chi connectivity index (χ2n) is 5.11. The lowest BCUT2D eigenvalue weighted by Gasteiger charge is -2.24. The molecular formula is C15H24O3. The molecule has 0 aliphatic carbocycles. The lowest BCUT2D eigenvalue weighted by Crippen LogP contribution is -2.25. The average Bonchev–Trinajstić information content (AvgIpc) is 2.38. The summed E-state index contributed by atoms with van der Waals surface area (Å²) in [6.07, 6.45) is 1.90. The lowest BCUT2D eigenvalue weighted by atomic mass is 9.99. The van der Waals surface area contributed by atoms with E-state index in [9.17, 15) is 5.11 Å². The molecule has 1 aromatic rings. The SMILES string of the molecule is COC(C)(C)CCC(O)CCOc1ccccc1. The molecule has 0 saturated heterocycles. The molecule has 3 heteroatoms. The van der Waals surface area contributed by atoms with Crippen LogP contribution in [-0.4, -0.2) is 30.5 Å². The first-order valence-electron chi connectivity index (χ1n) is 6.44. The molecule has 0 aliphatic heterocycles. The van der Waals surface area contributed by atoms with Crippen LogP contribution < -0.4 is 4.74 Å². The van der Waals surface area contributed by atoms with Crippen LogP contribution in [0.15, 0.2) is 30.3 Å². The Morgan fingerprint density at radius 3 is 2.44 bits per heavy atom. The van der Waals surface area contributed by atoms with Gasteiger partial charge in [-0.2, -0.15) is 0 Å². The van der Waals surface area contributed by atoms with Gasteiger partial charge in [0, 0.05) is 13.5 Å². The zero-order valence-electron chi connectivity index (χ0n) is 11.6. The minimum atomic E-state index is -0.330. The summed E-state index contributed by atoms with van der Waals surface area (Å²) in [7, 11) is 1.70. The van der Waals surface area contributed by atoms with Crippen molar-refractivity contribution in [1.29, 1.82) is 0 Å². The van der Waals surface area contributed by atoms with Gasteiger partial charge in [0.1, 0.15) is 5.75 Å². The van der Waals surface area contributed by atoms with E-state index in [2.05, 4.69) is 0 Å². The van der Waals surface area contributed by atoms with Crippen LogP contribution in [0.1, 0.15) is 33.1 Å². The highest BCUT2D eigenvalue weighted by Crippen LogP contribution is 2.18. The van der Waals surface area contributed by atoms with Gasteiger partial charge in [0.15, 0.2) is 0 Å². The quantitative estimate of drug-likeness (QED) is 0.773. The molecule has 1 rings (SSSR count). The van der Waals surface area contributed by atoms with E-state index < -0.39 is 0 Å². The van der Waals surface area contributed by atoms with Crippen LogP contribution in [-0.2, 0) is 4.74 Å². The van der Waals surface area contributed by atoms with E-state index in [1.165, 1.54) is 0 Å². The van der Waals surface area contributed by atoms with Crippen LogP contribution in [0, 0.1) is 0 Å². The van der Waals surface area contributed by atoms with Gasteiger partial charge in [-0.1, -0.05) is 18.2 Å². The van der Waals surface area contributed by atoms with Crippen LogP contribution in [0.5, 0.6) is 5.75 Å². The van der Waals surface area contributed by atoms with Crippen LogP contribution in [0.3, 0.4) is 0 Å². The molecule has 0 bridgehead atoms. The Bertz CT molecular complexity index is 322. The molecule has 0 radical (unpaired) electrons. The summed E-state index contributed by atoms with van der Waals surface area (Å²) in [6, 6.07) is 9.66. The van der Waals surface area contributed by atoms with Gasteiger partial charge in [0.05, 0.1) is 18.3 Å². The van der Waals surface area contributed by atoms with Crippen molar-refractivity contribution in [1.82, 2.24) is 0 Å². The Morgan fingerprint density at radius 2 is 1.83 bits per heavy atom. The maximum absolute atomic E-state index is 9.85. The van der Waals surface area contributed by atoms with Crippen LogP contribution in [0.2, 0.25) is 0 Å². The maximum atomic E-state index is 9.85. The number of aliphatic hydroxyl groups is 1. The van der Waals surface area contributed by atoms with E-state index in [0.717, 1.165) is 18.6 Å². The summed E-state index contributed by atoms with van der Waals surface area (Å²) in [5.41, 5.74) is -0.165. The number of methoxy groups -OCH3 is 1. The van der Waals surface area contributed by atoms with Gasteiger partial charge >= 0.3 is 0 Å². The number of ether oxygens (including phenoxy) is 2. The van der Waals surface area contributed by atoms with Crippen molar-refractivity contribution in [3.8, 4) is 5.75 Å². The number of aliphatic hydroxyl groups excluding tert-OH is 1. The summed E-state index contributed by atoms with van der Waals surface area (Å²) in [5.74, 6) is 0.849. The molecule has 0 saturated carbocycles. The summed E-state index contributed by atoms with van der Waals surface area (Å²) in [6.45, 7) is 4.60. The topological polar surface area (TPSA) is 38.7 Å². The minimum Gasteiger partial charge on any atom is -0.493 e. The molecule has 0 aromatic heterocycles. The zero-order chi connectivity index (χ0) is 13.4. The van der Waals surface area contributed by atoms with Gasteiger partial charge in [-0.3, -0.25) is 0 Å². The average molecular weight is 252 g/mol. The molecule has 0 spiro atoms. The largest absolute Gasteiger partial charge is 0.493 e. The third kappa shape index (κ3) is 6.03. The molecule has 1 atom stereocenters. The third-order valence-electron chi connectivity index (χ3n) is 3.10. The summed E-state index contributed by atoms with van der Waals surface area (Å²) in [5, 5.41) is 9.85. The van der Waals surface area contributed by atoms with Crippen LogP contribution in [0.25, 0.3) is 0 Å². The Morgan fingerprint density at radius 1 is 1.17 bits per heavy atom. The zero-order valence-corrected chi connectivity index (χ0v) is 11.6. The van der Waals surface area contributed by atoms with E-state index in [0.29, 0.717) is 13.0 Å². The molecule has 102 valence electrons. The van der Waals surface area contributed by atoms with Crippen molar-refractivity contribution in [3.05, 3.63) is 30.3 Å². The monoisotopic (exact) mass is 252 g/mol. The van der Waals surface area contributed by atoms with Gasteiger partial charge in [-0.25, -0.2) is 0 Å². The fraction of sp³-hybridized carbons (Fsp3) is 0.600. The van der Waals surface area contributed by atoms with Crippen LogP contribution in [0.4, 0.5) is 0 Å². The number of hydrogen-bond acceptors (Lipinski definition) is 3. The van der Waals surface area contributed by atoms with Crippen molar-refractivity contribution in [2.24, 2.45) is 0 Å². The molecule has 18 heavy (non-hydrogen) atoms. The summed E-state index contributed by atoms with van der Waals surface area (Å²) < 4.78 is 10.9. The van der Waals surface area contributed by atoms with Crippen molar-refractivity contribution in [2.75, 3.05) is 13.7 Å². The highest BCUT2D eigenvalue weighted by atomic mass is 16.5. The lowest BCUT2D eigenvalue weighted by molar-refractivity contribution is 0.00110. The molecule has 0 aliphatic rings. The Labute approximate surface area is 110 Å². The first-order valence-corrected chi connectivity index (χ1v) is 6.44. The van der Waals surface area contributed by atoms with Gasteiger partial charge in [-0.05, 0) is 38.8 Å². The Balaban J connectivity index is 2.16. The van der Waals surface area contributed by atoms with Gasteiger partial charge < -0.3 is 14.6 Å². The molecule has 1 aromatic carbocycles. The number of benzene rings is 1. The van der Waals surface area contributed by atoms with Crippen molar-refractivity contribution in [2.45, 2.75) is 44.8 Å². The standard InChI is InChI=1S/C15H24O3/c1-15(2,17-3)11-9-13(16)10-12-18-14-7-5-4-6-8-14/h4-8,13,16H,9-12H2,1-3H3. The molecule has 0 fully saturated rings. The molecule has 1 N–H and O–H groups in total. The smallest absolute Gasteiger partial charge is 0.119 e. The molecule has 1 unspecified atom stereocenters. The molecule has 3 nitrogen and oxygen atoms in total. The van der Waals surface area contributed by atoms with E-state index in [1.807, 2.05) is 44.2 Å². The number of para-hydroxylation sites is 1. The van der Waals surface area contributed by atoms with Crippen molar-refractivity contribution in [3.63, 3.8) is 0 Å². The molecule has 0 amide bonds. The highest BCUT2D eigenvalue weighted by molar-refractivity contribution is 5.20. The van der Waals surface area contributed by atoms with E-state index in [-0.39, 0.29) is 11.7 Å². The van der Waals surface area contributed by atoms with Gasteiger partial charge in [0.2, 0.25) is 0 Å². The van der Waals surface area contributed by atoms with Crippen LogP contribution >= 0.6 is 0 Å². The third-order valence-corrected chi connectivity index (χ3v) is 3.10. The fourth-order valence-electron chi connectivity index (χ4n) is 1.59. The summed E-state index contributed by atoms with van der Waals surface area (Å²) >= 11 is 0. The van der Waals surface area contributed by atoms with Crippen molar-refractivity contribution >= 4 is 0 Å². The first kappa shape index (κ1) is 15.0. The molecular weight excluding hydrogens is 228 g/mol. The van der Waals surface area contributed by atoms with Gasteiger partial charge in [-0.15, -0.1) is 0 Å². The minimum absolute atomic E-state index is 0.165. The predicted molar refractivity (Wildman–Crippen MR) is 72.9 cm³/mol. The summed E-state index contributed by atoms with van der Waals surface area (Å²) in [4.78, 5) is 0. The maximum Gasteiger partial charge on any atom is 0.119 e. The Kier molecular flexibility index (Phi) is 6.16. The predicted octanol–water partition coefficient (Wildman–Crippen LogP) is 3.02. The first-order chi connectivity index (χ1) is 8.53.